The standard InChI is InChI=1S/C9H17NO/c1-3-8(4-1)9-7-10-5-2-6-11-9/h8-10H,1-7H2. The first-order valence-corrected chi connectivity index (χ1v) is 4.79. The molecule has 1 aliphatic carbocycles. The minimum atomic E-state index is 0.534. The first kappa shape index (κ1) is 7.56. The molecule has 1 saturated carbocycles. The molecule has 0 radical (unpaired) electrons. The molecule has 0 aromatic carbocycles. The average molecular weight is 155 g/mol. The molecule has 0 spiro atoms. The number of nitrogens with one attached hydrogen (secondary N) is 1. The van der Waals surface area contributed by atoms with E-state index in [0.29, 0.717) is 6.10 Å². The van der Waals surface area contributed by atoms with Gasteiger partial charge in [-0.2, -0.15) is 0 Å². The Morgan fingerprint density at radius 2 is 2.09 bits per heavy atom. The van der Waals surface area contributed by atoms with Gasteiger partial charge in [0.2, 0.25) is 0 Å². The van der Waals surface area contributed by atoms with E-state index in [0.717, 1.165) is 25.6 Å². The molecule has 64 valence electrons. The molecule has 2 rings (SSSR count). The third-order valence-electron chi connectivity index (χ3n) is 2.85. The van der Waals surface area contributed by atoms with Crippen LogP contribution in [0.5, 0.6) is 0 Å². The molecule has 2 aliphatic rings. The van der Waals surface area contributed by atoms with Crippen LogP contribution >= 0.6 is 0 Å². The summed E-state index contributed by atoms with van der Waals surface area (Å²) in [5, 5.41) is 3.42. The van der Waals surface area contributed by atoms with Gasteiger partial charge in [0.25, 0.3) is 0 Å². The molecule has 0 aromatic heterocycles. The van der Waals surface area contributed by atoms with Crippen molar-refractivity contribution in [2.75, 3.05) is 19.7 Å². The van der Waals surface area contributed by atoms with Crippen molar-refractivity contribution in [3.8, 4) is 0 Å². The van der Waals surface area contributed by atoms with Gasteiger partial charge in [0, 0.05) is 13.2 Å². The van der Waals surface area contributed by atoms with Gasteiger partial charge in [-0.3, -0.25) is 0 Å². The van der Waals surface area contributed by atoms with Crippen molar-refractivity contribution in [3.05, 3.63) is 0 Å². The SMILES string of the molecule is C1CNCC(C2CCC2)OC1. The maximum atomic E-state index is 5.74. The highest BCUT2D eigenvalue weighted by atomic mass is 16.5. The Morgan fingerprint density at radius 1 is 1.18 bits per heavy atom. The van der Waals surface area contributed by atoms with Crippen molar-refractivity contribution in [1.29, 1.82) is 0 Å². The summed E-state index contributed by atoms with van der Waals surface area (Å²) in [5.41, 5.74) is 0. The normalized spacial score (nSPS) is 34.4. The van der Waals surface area contributed by atoms with Crippen LogP contribution in [0.4, 0.5) is 0 Å². The summed E-state index contributed by atoms with van der Waals surface area (Å²) in [5.74, 6) is 0.876. The molecule has 0 bridgehead atoms. The first-order chi connectivity index (χ1) is 5.47. The van der Waals surface area contributed by atoms with Crippen molar-refractivity contribution in [2.45, 2.75) is 31.8 Å². The van der Waals surface area contributed by atoms with Crippen LogP contribution in [0.2, 0.25) is 0 Å². The second-order valence-electron chi connectivity index (χ2n) is 3.66. The Hall–Kier alpha value is -0.0800. The van der Waals surface area contributed by atoms with Gasteiger partial charge in [-0.05, 0) is 31.7 Å². The second-order valence-corrected chi connectivity index (χ2v) is 3.66. The third kappa shape index (κ3) is 1.74. The topological polar surface area (TPSA) is 21.3 Å². The number of ether oxygens (including phenoxy) is 1. The van der Waals surface area contributed by atoms with Crippen LogP contribution < -0.4 is 5.32 Å². The fourth-order valence-corrected chi connectivity index (χ4v) is 1.85. The van der Waals surface area contributed by atoms with Gasteiger partial charge >= 0.3 is 0 Å². The van der Waals surface area contributed by atoms with Crippen LogP contribution in [0.1, 0.15) is 25.7 Å². The van der Waals surface area contributed by atoms with Gasteiger partial charge in [-0.25, -0.2) is 0 Å². The number of hydrogen-bond acceptors (Lipinski definition) is 2. The minimum Gasteiger partial charge on any atom is -0.377 e. The summed E-state index contributed by atoms with van der Waals surface area (Å²) in [6.45, 7) is 3.20. The quantitative estimate of drug-likeness (QED) is 0.613. The van der Waals surface area contributed by atoms with E-state index in [9.17, 15) is 0 Å². The number of hydrogen-bond donors (Lipinski definition) is 1. The highest BCUT2D eigenvalue weighted by Crippen LogP contribution is 2.31. The fraction of sp³-hybridized carbons (Fsp3) is 1.00. The Morgan fingerprint density at radius 3 is 2.82 bits per heavy atom. The van der Waals surface area contributed by atoms with Gasteiger partial charge in [-0.1, -0.05) is 6.42 Å². The zero-order valence-electron chi connectivity index (χ0n) is 7.01. The van der Waals surface area contributed by atoms with Crippen LogP contribution in [0.25, 0.3) is 0 Å². The largest absolute Gasteiger partial charge is 0.377 e. The highest BCUT2D eigenvalue weighted by molar-refractivity contribution is 4.80. The number of rotatable bonds is 1. The van der Waals surface area contributed by atoms with Crippen LogP contribution in [-0.2, 0) is 4.74 Å². The summed E-state index contributed by atoms with van der Waals surface area (Å²) in [6.07, 6.45) is 5.93. The molecule has 0 aromatic rings. The maximum absolute atomic E-state index is 5.74. The molecule has 1 N–H and O–H groups in total. The maximum Gasteiger partial charge on any atom is 0.0727 e. The Kier molecular flexibility index (Phi) is 2.44. The molecule has 0 amide bonds. The van der Waals surface area contributed by atoms with Gasteiger partial charge < -0.3 is 10.1 Å². The lowest BCUT2D eigenvalue weighted by atomic mass is 9.81. The van der Waals surface area contributed by atoms with E-state index < -0.39 is 0 Å². The fourth-order valence-electron chi connectivity index (χ4n) is 1.85. The Labute approximate surface area is 68.3 Å². The molecule has 1 heterocycles. The minimum absolute atomic E-state index is 0.534. The lowest BCUT2D eigenvalue weighted by Crippen LogP contribution is -2.36. The summed E-state index contributed by atoms with van der Waals surface area (Å²) >= 11 is 0. The summed E-state index contributed by atoms with van der Waals surface area (Å²) in [4.78, 5) is 0. The van der Waals surface area contributed by atoms with Gasteiger partial charge in [-0.15, -0.1) is 0 Å². The molecule has 11 heavy (non-hydrogen) atoms. The summed E-state index contributed by atoms with van der Waals surface area (Å²) in [7, 11) is 0. The zero-order chi connectivity index (χ0) is 7.52. The van der Waals surface area contributed by atoms with Gasteiger partial charge in [0.15, 0.2) is 0 Å². The van der Waals surface area contributed by atoms with Crippen LogP contribution in [-0.4, -0.2) is 25.8 Å². The lowest BCUT2D eigenvalue weighted by molar-refractivity contribution is -0.00207. The van der Waals surface area contributed by atoms with Crippen molar-refractivity contribution in [3.63, 3.8) is 0 Å². The predicted octanol–water partition coefficient (Wildman–Crippen LogP) is 1.16. The summed E-state index contributed by atoms with van der Waals surface area (Å²) < 4.78 is 5.74. The smallest absolute Gasteiger partial charge is 0.0727 e. The van der Waals surface area contributed by atoms with Crippen molar-refractivity contribution < 1.29 is 4.74 Å². The molecule has 1 saturated heterocycles. The first-order valence-electron chi connectivity index (χ1n) is 4.79. The van der Waals surface area contributed by atoms with E-state index in [-0.39, 0.29) is 0 Å². The van der Waals surface area contributed by atoms with Crippen LogP contribution in [0.3, 0.4) is 0 Å². The molecule has 1 atom stereocenters. The molecule has 1 unspecified atom stereocenters. The average Bonchev–Trinajstić information content (AvgIpc) is 2.12. The molecule has 1 aliphatic heterocycles. The van der Waals surface area contributed by atoms with E-state index in [2.05, 4.69) is 5.32 Å². The Balaban J connectivity index is 1.80. The Bertz CT molecular complexity index is 115. The van der Waals surface area contributed by atoms with Crippen LogP contribution in [0.15, 0.2) is 0 Å². The van der Waals surface area contributed by atoms with E-state index in [1.165, 1.54) is 25.7 Å². The van der Waals surface area contributed by atoms with E-state index in [1.54, 1.807) is 0 Å². The van der Waals surface area contributed by atoms with E-state index >= 15 is 0 Å². The molecule has 2 nitrogen and oxygen atoms in total. The molecular weight excluding hydrogens is 138 g/mol. The van der Waals surface area contributed by atoms with Crippen molar-refractivity contribution in [2.24, 2.45) is 5.92 Å². The molecule has 2 fully saturated rings. The third-order valence-corrected chi connectivity index (χ3v) is 2.85. The molecular formula is C9H17NO. The van der Waals surface area contributed by atoms with E-state index in [4.69, 9.17) is 4.74 Å². The zero-order valence-corrected chi connectivity index (χ0v) is 7.01. The predicted molar refractivity (Wildman–Crippen MR) is 44.6 cm³/mol. The highest BCUT2D eigenvalue weighted by Gasteiger charge is 2.28. The lowest BCUT2D eigenvalue weighted by Gasteiger charge is -2.32. The van der Waals surface area contributed by atoms with Crippen LogP contribution in [0, 0.1) is 5.92 Å². The monoisotopic (exact) mass is 155 g/mol. The van der Waals surface area contributed by atoms with Gasteiger partial charge in [0.1, 0.15) is 0 Å². The second kappa shape index (κ2) is 3.55. The van der Waals surface area contributed by atoms with Gasteiger partial charge in [0.05, 0.1) is 6.10 Å². The summed E-state index contributed by atoms with van der Waals surface area (Å²) in [6, 6.07) is 0. The van der Waals surface area contributed by atoms with Crippen molar-refractivity contribution in [1.82, 2.24) is 5.32 Å². The molecule has 2 heteroatoms. The van der Waals surface area contributed by atoms with Crippen molar-refractivity contribution >= 4 is 0 Å². The van der Waals surface area contributed by atoms with E-state index in [1.807, 2.05) is 0 Å².